The lowest BCUT2D eigenvalue weighted by Crippen LogP contribution is -2.23. The zero-order chi connectivity index (χ0) is 16.9. The SMILES string of the molecule is CCc1cccc(NC(N)=NCCc2c[nH]c3ccc(F)cc23)c1.I. The summed E-state index contributed by atoms with van der Waals surface area (Å²) in [6.45, 7) is 2.65. The minimum Gasteiger partial charge on any atom is -0.370 e. The van der Waals surface area contributed by atoms with Gasteiger partial charge in [-0.05, 0) is 54.3 Å². The number of aromatic nitrogens is 1. The standard InChI is InChI=1S/C19H21FN4.HI/c1-2-13-4-3-5-16(10-13)24-19(21)22-9-8-14-12-23-18-7-6-15(20)11-17(14)18;/h3-7,10-12,23H,2,8-9H2,1H3,(H3,21,22,24);1H. The average molecular weight is 452 g/mol. The Kier molecular flexibility index (Phi) is 6.81. The van der Waals surface area contributed by atoms with Crippen molar-refractivity contribution in [1.29, 1.82) is 0 Å². The predicted molar refractivity (Wildman–Crippen MR) is 113 cm³/mol. The highest BCUT2D eigenvalue weighted by Gasteiger charge is 2.04. The molecule has 0 aliphatic heterocycles. The first-order chi connectivity index (χ1) is 11.7. The molecule has 1 heterocycles. The number of aryl methyl sites for hydroxylation is 1. The molecule has 0 spiro atoms. The van der Waals surface area contributed by atoms with E-state index >= 15 is 0 Å². The molecule has 6 heteroatoms. The minimum absolute atomic E-state index is 0. The van der Waals surface area contributed by atoms with Gasteiger partial charge in [0.1, 0.15) is 5.82 Å². The molecule has 25 heavy (non-hydrogen) atoms. The van der Waals surface area contributed by atoms with Crippen LogP contribution >= 0.6 is 24.0 Å². The van der Waals surface area contributed by atoms with E-state index in [1.165, 1.54) is 11.6 Å². The summed E-state index contributed by atoms with van der Waals surface area (Å²) in [6.07, 6.45) is 3.57. The Bertz CT molecular complexity index is 873. The first-order valence-electron chi connectivity index (χ1n) is 8.07. The van der Waals surface area contributed by atoms with Crippen LogP contribution < -0.4 is 11.1 Å². The maximum absolute atomic E-state index is 13.4. The Morgan fingerprint density at radius 3 is 2.88 bits per heavy atom. The zero-order valence-corrected chi connectivity index (χ0v) is 16.4. The van der Waals surface area contributed by atoms with Crippen LogP contribution in [0.15, 0.2) is 53.7 Å². The van der Waals surface area contributed by atoms with Crippen LogP contribution in [0.1, 0.15) is 18.1 Å². The van der Waals surface area contributed by atoms with Crippen molar-refractivity contribution in [3.05, 3.63) is 65.6 Å². The Morgan fingerprint density at radius 2 is 2.08 bits per heavy atom. The first-order valence-corrected chi connectivity index (χ1v) is 8.07. The van der Waals surface area contributed by atoms with Gasteiger partial charge in [-0.3, -0.25) is 4.99 Å². The molecular formula is C19H22FIN4. The predicted octanol–water partition coefficient (Wildman–Crippen LogP) is 4.46. The van der Waals surface area contributed by atoms with Gasteiger partial charge in [0.25, 0.3) is 0 Å². The summed E-state index contributed by atoms with van der Waals surface area (Å²) in [5.74, 6) is 0.151. The van der Waals surface area contributed by atoms with Gasteiger partial charge < -0.3 is 16.0 Å². The number of hydrogen-bond acceptors (Lipinski definition) is 1. The third-order valence-corrected chi connectivity index (χ3v) is 4.00. The van der Waals surface area contributed by atoms with Crippen LogP contribution in [0.25, 0.3) is 10.9 Å². The molecule has 0 saturated carbocycles. The number of H-pyrrole nitrogens is 1. The molecule has 0 aliphatic carbocycles. The molecule has 3 aromatic rings. The molecule has 0 aliphatic rings. The van der Waals surface area contributed by atoms with Crippen LogP contribution in [0, 0.1) is 5.82 Å². The third-order valence-electron chi connectivity index (χ3n) is 4.00. The molecule has 2 aromatic carbocycles. The number of halogens is 2. The van der Waals surface area contributed by atoms with Crippen molar-refractivity contribution in [3.8, 4) is 0 Å². The van der Waals surface area contributed by atoms with Crippen molar-refractivity contribution in [2.24, 2.45) is 10.7 Å². The smallest absolute Gasteiger partial charge is 0.193 e. The number of nitrogens with one attached hydrogen (secondary N) is 2. The van der Waals surface area contributed by atoms with E-state index in [9.17, 15) is 4.39 Å². The molecule has 0 radical (unpaired) electrons. The van der Waals surface area contributed by atoms with Gasteiger partial charge in [-0.15, -0.1) is 24.0 Å². The molecule has 4 nitrogen and oxygen atoms in total. The topological polar surface area (TPSA) is 66.2 Å². The Morgan fingerprint density at radius 1 is 1.24 bits per heavy atom. The molecule has 1 aromatic heterocycles. The second-order valence-corrected chi connectivity index (χ2v) is 5.70. The van der Waals surface area contributed by atoms with Crippen molar-refractivity contribution < 1.29 is 4.39 Å². The normalized spacial score (nSPS) is 11.4. The van der Waals surface area contributed by atoms with Gasteiger partial charge in [-0.25, -0.2) is 4.39 Å². The summed E-state index contributed by atoms with van der Waals surface area (Å²) in [6, 6.07) is 12.8. The lowest BCUT2D eigenvalue weighted by atomic mass is 10.1. The largest absolute Gasteiger partial charge is 0.370 e. The summed E-state index contributed by atoms with van der Waals surface area (Å²) in [5, 5.41) is 4.00. The van der Waals surface area contributed by atoms with E-state index in [-0.39, 0.29) is 29.8 Å². The van der Waals surface area contributed by atoms with Gasteiger partial charge in [-0.2, -0.15) is 0 Å². The molecule has 0 amide bonds. The van der Waals surface area contributed by atoms with Crippen LogP contribution in [0.5, 0.6) is 0 Å². The average Bonchev–Trinajstić information content (AvgIpc) is 2.97. The van der Waals surface area contributed by atoms with E-state index in [4.69, 9.17) is 5.73 Å². The Labute approximate surface area is 163 Å². The van der Waals surface area contributed by atoms with E-state index in [0.29, 0.717) is 18.9 Å². The Hall–Kier alpha value is -2.09. The third kappa shape index (κ3) is 4.94. The quantitative estimate of drug-likeness (QED) is 0.304. The highest BCUT2D eigenvalue weighted by atomic mass is 127. The molecule has 0 bridgehead atoms. The lowest BCUT2D eigenvalue weighted by Gasteiger charge is -2.07. The Balaban J connectivity index is 0.00000225. The van der Waals surface area contributed by atoms with Gasteiger partial charge >= 0.3 is 0 Å². The van der Waals surface area contributed by atoms with Crippen LogP contribution in [0.3, 0.4) is 0 Å². The summed E-state index contributed by atoms with van der Waals surface area (Å²) < 4.78 is 13.4. The van der Waals surface area contributed by atoms with E-state index in [0.717, 1.165) is 28.6 Å². The summed E-state index contributed by atoms with van der Waals surface area (Å²) >= 11 is 0. The molecule has 0 fully saturated rings. The molecule has 4 N–H and O–H groups in total. The first kappa shape index (κ1) is 19.2. The van der Waals surface area contributed by atoms with Crippen molar-refractivity contribution >= 4 is 46.5 Å². The van der Waals surface area contributed by atoms with Gasteiger partial charge in [0.2, 0.25) is 0 Å². The van der Waals surface area contributed by atoms with E-state index in [1.54, 1.807) is 12.1 Å². The minimum atomic E-state index is -0.233. The maximum Gasteiger partial charge on any atom is 0.193 e. The number of benzene rings is 2. The van der Waals surface area contributed by atoms with Gasteiger partial charge in [0.15, 0.2) is 5.96 Å². The van der Waals surface area contributed by atoms with Crippen molar-refractivity contribution in [2.45, 2.75) is 19.8 Å². The van der Waals surface area contributed by atoms with E-state index in [2.05, 4.69) is 34.3 Å². The fraction of sp³-hybridized carbons (Fsp3) is 0.211. The van der Waals surface area contributed by atoms with Gasteiger partial charge in [0, 0.05) is 29.3 Å². The summed E-state index contributed by atoms with van der Waals surface area (Å²) in [4.78, 5) is 7.50. The molecule has 0 saturated heterocycles. The molecule has 0 atom stereocenters. The molecule has 132 valence electrons. The number of guanidine groups is 1. The van der Waals surface area contributed by atoms with Crippen LogP contribution in [-0.2, 0) is 12.8 Å². The summed E-state index contributed by atoms with van der Waals surface area (Å²) in [5.41, 5.74) is 10.1. The number of nitrogens with two attached hydrogens (primary N) is 1. The highest BCUT2D eigenvalue weighted by Crippen LogP contribution is 2.19. The number of nitrogens with zero attached hydrogens (tertiary/aromatic N) is 1. The van der Waals surface area contributed by atoms with Crippen molar-refractivity contribution in [2.75, 3.05) is 11.9 Å². The number of hydrogen-bond donors (Lipinski definition) is 3. The number of aliphatic imine (C=N–C) groups is 1. The van der Waals surface area contributed by atoms with E-state index < -0.39 is 0 Å². The maximum atomic E-state index is 13.4. The fourth-order valence-electron chi connectivity index (χ4n) is 2.71. The fourth-order valence-corrected chi connectivity index (χ4v) is 2.71. The van der Waals surface area contributed by atoms with Crippen LogP contribution in [0.2, 0.25) is 0 Å². The monoisotopic (exact) mass is 452 g/mol. The molecule has 0 unspecified atom stereocenters. The second-order valence-electron chi connectivity index (χ2n) is 5.70. The lowest BCUT2D eigenvalue weighted by molar-refractivity contribution is 0.629. The molecular weight excluding hydrogens is 430 g/mol. The molecule has 3 rings (SSSR count). The van der Waals surface area contributed by atoms with Crippen molar-refractivity contribution in [1.82, 2.24) is 4.98 Å². The number of aromatic amines is 1. The summed E-state index contributed by atoms with van der Waals surface area (Å²) in [7, 11) is 0. The second kappa shape index (κ2) is 8.84. The number of fused-ring (bicyclic) bond motifs is 1. The van der Waals surface area contributed by atoms with E-state index in [1.807, 2.05) is 18.3 Å². The number of anilines is 1. The van der Waals surface area contributed by atoms with Gasteiger partial charge in [-0.1, -0.05) is 19.1 Å². The zero-order valence-electron chi connectivity index (χ0n) is 14.1. The van der Waals surface area contributed by atoms with Gasteiger partial charge in [0.05, 0.1) is 0 Å². The highest BCUT2D eigenvalue weighted by molar-refractivity contribution is 14.0. The van der Waals surface area contributed by atoms with Crippen molar-refractivity contribution in [3.63, 3.8) is 0 Å². The van der Waals surface area contributed by atoms with Crippen LogP contribution in [-0.4, -0.2) is 17.5 Å². The van der Waals surface area contributed by atoms with Crippen LogP contribution in [0.4, 0.5) is 10.1 Å². The number of rotatable bonds is 5.